The highest BCUT2D eigenvalue weighted by Gasteiger charge is 2.20. The van der Waals surface area contributed by atoms with Gasteiger partial charge in [-0.1, -0.05) is 37.2 Å². The standard InChI is InChI=1S/C16H19ClN4O3S/c1-8(2)7-21-14(23)11-5-4-10(17)6-12(11)19-16(21)25-9(3)13(22)20-15(18)24/h4-6,8-9H,7H2,1-3H3,(H3,18,20,22,24). The number of rotatable bonds is 5. The SMILES string of the molecule is CC(C)Cn1c(SC(C)C(=O)NC(N)=O)nc2cc(Cl)ccc2c1=O. The summed E-state index contributed by atoms with van der Waals surface area (Å²) in [6.45, 7) is 6.03. The lowest BCUT2D eigenvalue weighted by Crippen LogP contribution is -2.39. The zero-order chi connectivity index (χ0) is 18.7. The van der Waals surface area contributed by atoms with Crippen molar-refractivity contribution >= 4 is 46.2 Å². The summed E-state index contributed by atoms with van der Waals surface area (Å²) in [5, 5.41) is 2.69. The van der Waals surface area contributed by atoms with Crippen molar-refractivity contribution in [2.75, 3.05) is 0 Å². The van der Waals surface area contributed by atoms with E-state index in [-0.39, 0.29) is 11.5 Å². The number of nitrogens with two attached hydrogens (primary N) is 1. The first-order chi connectivity index (χ1) is 11.7. The van der Waals surface area contributed by atoms with E-state index in [0.717, 1.165) is 11.8 Å². The van der Waals surface area contributed by atoms with Gasteiger partial charge in [-0.05, 0) is 31.0 Å². The molecule has 3 N–H and O–H groups in total. The van der Waals surface area contributed by atoms with E-state index >= 15 is 0 Å². The molecule has 9 heteroatoms. The van der Waals surface area contributed by atoms with E-state index in [9.17, 15) is 14.4 Å². The highest BCUT2D eigenvalue weighted by molar-refractivity contribution is 8.00. The molecule has 1 heterocycles. The zero-order valence-corrected chi connectivity index (χ0v) is 15.6. The molecule has 7 nitrogen and oxygen atoms in total. The summed E-state index contributed by atoms with van der Waals surface area (Å²) in [7, 11) is 0. The van der Waals surface area contributed by atoms with Crippen molar-refractivity contribution in [1.29, 1.82) is 0 Å². The molecule has 0 aliphatic carbocycles. The molecular formula is C16H19ClN4O3S. The van der Waals surface area contributed by atoms with Crippen molar-refractivity contribution in [2.24, 2.45) is 11.7 Å². The summed E-state index contributed by atoms with van der Waals surface area (Å²) in [5.74, 6) is -0.340. The van der Waals surface area contributed by atoms with Gasteiger partial charge in [-0.3, -0.25) is 19.5 Å². The third-order valence-electron chi connectivity index (χ3n) is 3.33. The number of benzene rings is 1. The summed E-state index contributed by atoms with van der Waals surface area (Å²) < 4.78 is 1.54. The van der Waals surface area contributed by atoms with Gasteiger partial charge in [0.25, 0.3) is 5.56 Å². The number of fused-ring (bicyclic) bond motifs is 1. The van der Waals surface area contributed by atoms with E-state index in [1.54, 1.807) is 29.7 Å². The first-order valence-electron chi connectivity index (χ1n) is 7.66. The Balaban J connectivity index is 2.50. The van der Waals surface area contributed by atoms with Crippen LogP contribution in [0.15, 0.2) is 28.2 Å². The van der Waals surface area contributed by atoms with Crippen molar-refractivity contribution in [3.63, 3.8) is 0 Å². The predicted octanol–water partition coefficient (Wildman–Crippen LogP) is 2.38. The fourth-order valence-electron chi connectivity index (χ4n) is 2.22. The summed E-state index contributed by atoms with van der Waals surface area (Å²) in [5.41, 5.74) is 5.24. The molecule has 0 aliphatic rings. The number of nitrogens with one attached hydrogen (secondary N) is 1. The zero-order valence-electron chi connectivity index (χ0n) is 14.1. The third-order valence-corrected chi connectivity index (χ3v) is 4.65. The van der Waals surface area contributed by atoms with Crippen LogP contribution in [0.2, 0.25) is 5.02 Å². The van der Waals surface area contributed by atoms with Gasteiger partial charge in [0, 0.05) is 11.6 Å². The van der Waals surface area contributed by atoms with Crippen LogP contribution in [-0.2, 0) is 11.3 Å². The fourth-order valence-corrected chi connectivity index (χ4v) is 3.31. The number of imide groups is 1. The first kappa shape index (κ1) is 19.3. The van der Waals surface area contributed by atoms with Crippen LogP contribution in [0.25, 0.3) is 10.9 Å². The Labute approximate surface area is 153 Å². The largest absolute Gasteiger partial charge is 0.351 e. The molecule has 0 fully saturated rings. The minimum atomic E-state index is -0.921. The molecule has 0 spiro atoms. The van der Waals surface area contributed by atoms with Crippen LogP contribution in [0.4, 0.5) is 4.79 Å². The summed E-state index contributed by atoms with van der Waals surface area (Å²) >= 11 is 7.08. The Bertz CT molecular complexity index is 882. The van der Waals surface area contributed by atoms with E-state index in [1.807, 2.05) is 19.2 Å². The van der Waals surface area contributed by atoms with Crippen molar-refractivity contribution in [1.82, 2.24) is 14.9 Å². The van der Waals surface area contributed by atoms with Crippen molar-refractivity contribution in [3.8, 4) is 0 Å². The van der Waals surface area contributed by atoms with Crippen LogP contribution in [0.1, 0.15) is 20.8 Å². The second-order valence-electron chi connectivity index (χ2n) is 5.98. The molecule has 0 aliphatic heterocycles. The minimum Gasteiger partial charge on any atom is -0.351 e. The number of halogens is 1. The monoisotopic (exact) mass is 382 g/mol. The van der Waals surface area contributed by atoms with Crippen molar-refractivity contribution < 1.29 is 9.59 Å². The van der Waals surface area contributed by atoms with Gasteiger partial charge in [0.2, 0.25) is 5.91 Å². The van der Waals surface area contributed by atoms with Gasteiger partial charge in [-0.25, -0.2) is 9.78 Å². The molecule has 0 saturated heterocycles. The van der Waals surface area contributed by atoms with Crippen molar-refractivity contribution in [3.05, 3.63) is 33.6 Å². The fraction of sp³-hybridized carbons (Fsp3) is 0.375. The summed E-state index contributed by atoms with van der Waals surface area (Å²) in [6.07, 6.45) is 0. The maximum absolute atomic E-state index is 12.8. The van der Waals surface area contributed by atoms with E-state index in [0.29, 0.717) is 27.6 Å². The molecule has 1 atom stereocenters. The Morgan fingerprint density at radius 3 is 2.64 bits per heavy atom. The highest BCUT2D eigenvalue weighted by Crippen LogP contribution is 2.24. The average molecular weight is 383 g/mol. The van der Waals surface area contributed by atoms with Gasteiger partial charge in [-0.15, -0.1) is 0 Å². The topological polar surface area (TPSA) is 107 Å². The first-order valence-corrected chi connectivity index (χ1v) is 8.92. The van der Waals surface area contributed by atoms with E-state index in [2.05, 4.69) is 4.98 Å². The van der Waals surface area contributed by atoms with Crippen LogP contribution < -0.4 is 16.6 Å². The van der Waals surface area contributed by atoms with Gasteiger partial charge >= 0.3 is 6.03 Å². The number of amides is 3. The predicted molar refractivity (Wildman–Crippen MR) is 98.9 cm³/mol. The van der Waals surface area contributed by atoms with Gasteiger partial charge in [0.05, 0.1) is 16.2 Å². The van der Waals surface area contributed by atoms with E-state index in [4.69, 9.17) is 17.3 Å². The van der Waals surface area contributed by atoms with Gasteiger partial charge < -0.3 is 5.73 Å². The summed E-state index contributed by atoms with van der Waals surface area (Å²) in [4.78, 5) is 40.1. The van der Waals surface area contributed by atoms with Gasteiger partial charge in [-0.2, -0.15) is 0 Å². The van der Waals surface area contributed by atoms with E-state index in [1.165, 1.54) is 0 Å². The number of hydrogen-bond donors (Lipinski definition) is 2. The third kappa shape index (κ3) is 4.73. The lowest BCUT2D eigenvalue weighted by molar-refractivity contribution is -0.119. The molecule has 3 amide bonds. The maximum Gasteiger partial charge on any atom is 0.318 e. The molecule has 1 aromatic heterocycles. The smallest absolute Gasteiger partial charge is 0.318 e. The maximum atomic E-state index is 12.8. The van der Waals surface area contributed by atoms with Gasteiger partial charge in [0.1, 0.15) is 0 Å². The van der Waals surface area contributed by atoms with Crippen LogP contribution in [0.3, 0.4) is 0 Å². The second-order valence-corrected chi connectivity index (χ2v) is 7.72. The number of urea groups is 1. The molecule has 1 aromatic carbocycles. The number of carbonyl (C=O) groups excluding carboxylic acids is 2. The molecule has 2 rings (SSSR count). The second kappa shape index (κ2) is 7.88. The number of carbonyl (C=O) groups is 2. The Hall–Kier alpha value is -2.06. The molecular weight excluding hydrogens is 364 g/mol. The Morgan fingerprint density at radius 1 is 1.36 bits per heavy atom. The Kier molecular flexibility index (Phi) is 6.07. The molecule has 25 heavy (non-hydrogen) atoms. The van der Waals surface area contributed by atoms with Crippen LogP contribution in [0.5, 0.6) is 0 Å². The normalized spacial score (nSPS) is 12.4. The number of thioether (sulfide) groups is 1. The van der Waals surface area contributed by atoms with Crippen LogP contribution >= 0.6 is 23.4 Å². The average Bonchev–Trinajstić information content (AvgIpc) is 2.49. The Morgan fingerprint density at radius 2 is 2.04 bits per heavy atom. The van der Waals surface area contributed by atoms with E-state index < -0.39 is 17.2 Å². The van der Waals surface area contributed by atoms with Crippen LogP contribution in [-0.4, -0.2) is 26.7 Å². The molecule has 0 radical (unpaired) electrons. The molecule has 0 bridgehead atoms. The molecule has 1 unspecified atom stereocenters. The minimum absolute atomic E-state index is 0.194. The van der Waals surface area contributed by atoms with Crippen molar-refractivity contribution in [2.45, 2.75) is 37.7 Å². The number of nitrogens with zero attached hydrogens (tertiary/aromatic N) is 2. The van der Waals surface area contributed by atoms with Gasteiger partial charge in [0.15, 0.2) is 5.16 Å². The van der Waals surface area contributed by atoms with Crippen LogP contribution in [0, 0.1) is 5.92 Å². The molecule has 134 valence electrons. The lowest BCUT2D eigenvalue weighted by Gasteiger charge is -2.17. The number of primary amides is 1. The molecule has 2 aromatic rings. The highest BCUT2D eigenvalue weighted by atomic mass is 35.5. The number of aromatic nitrogens is 2. The summed E-state index contributed by atoms with van der Waals surface area (Å²) in [6, 6.07) is 3.97. The lowest BCUT2D eigenvalue weighted by atomic mass is 10.2. The number of hydrogen-bond acceptors (Lipinski definition) is 5. The molecule has 0 saturated carbocycles. The quantitative estimate of drug-likeness (QED) is 0.609.